The van der Waals surface area contributed by atoms with Crippen molar-refractivity contribution in [3.63, 3.8) is 0 Å². The maximum atomic E-state index is 5.99. The van der Waals surface area contributed by atoms with Gasteiger partial charge in [-0.05, 0) is 18.4 Å². The molecule has 1 fully saturated rings. The first-order chi connectivity index (χ1) is 7.15. The van der Waals surface area contributed by atoms with Crippen molar-refractivity contribution >= 4 is 0 Å². The minimum absolute atomic E-state index is 0.380. The van der Waals surface area contributed by atoms with Gasteiger partial charge in [0, 0.05) is 38.9 Å². The van der Waals surface area contributed by atoms with Gasteiger partial charge in [0.15, 0.2) is 0 Å². The quantitative estimate of drug-likeness (QED) is 0.774. The van der Waals surface area contributed by atoms with Gasteiger partial charge in [0.05, 0.1) is 5.69 Å². The van der Waals surface area contributed by atoms with E-state index in [1.54, 1.807) is 0 Å². The Bertz CT molecular complexity index is 320. The lowest BCUT2D eigenvalue weighted by atomic mass is 9.95. The van der Waals surface area contributed by atoms with Gasteiger partial charge in [-0.2, -0.15) is 5.10 Å². The Labute approximate surface area is 91.1 Å². The lowest BCUT2D eigenvalue weighted by Gasteiger charge is -2.34. The van der Waals surface area contributed by atoms with E-state index >= 15 is 0 Å². The smallest absolute Gasteiger partial charge is 0.0764 e. The van der Waals surface area contributed by atoms with Crippen LogP contribution in [0.3, 0.4) is 0 Å². The van der Waals surface area contributed by atoms with E-state index in [1.165, 1.54) is 0 Å². The lowest BCUT2D eigenvalue weighted by molar-refractivity contribution is 0.156. The number of hydrogen-bond donors (Lipinski definition) is 1. The molecule has 1 aromatic heterocycles. The van der Waals surface area contributed by atoms with E-state index in [1.807, 2.05) is 17.9 Å². The third-order valence-corrected chi connectivity index (χ3v) is 3.21. The molecule has 0 radical (unpaired) electrons. The number of nitrogens with two attached hydrogens (primary N) is 1. The largest absolute Gasteiger partial charge is 0.327 e. The summed E-state index contributed by atoms with van der Waals surface area (Å²) in [6, 6.07) is 2.46. The van der Waals surface area contributed by atoms with Crippen molar-refractivity contribution in [3.8, 4) is 0 Å². The summed E-state index contributed by atoms with van der Waals surface area (Å²) in [7, 11) is 1.96. The van der Waals surface area contributed by atoms with Crippen LogP contribution in [0.5, 0.6) is 0 Å². The van der Waals surface area contributed by atoms with Crippen molar-refractivity contribution in [2.75, 3.05) is 13.1 Å². The molecule has 4 heteroatoms. The predicted octanol–water partition coefficient (Wildman–Crippen LogP) is 0.589. The van der Waals surface area contributed by atoms with Gasteiger partial charge in [0.25, 0.3) is 0 Å². The van der Waals surface area contributed by atoms with Crippen LogP contribution in [-0.4, -0.2) is 33.8 Å². The van der Waals surface area contributed by atoms with Crippen molar-refractivity contribution in [3.05, 3.63) is 18.0 Å². The van der Waals surface area contributed by atoms with Crippen molar-refractivity contribution in [2.24, 2.45) is 18.7 Å². The molecule has 15 heavy (non-hydrogen) atoms. The molecule has 84 valence electrons. The number of hydrogen-bond acceptors (Lipinski definition) is 3. The van der Waals surface area contributed by atoms with E-state index in [-0.39, 0.29) is 0 Å². The van der Waals surface area contributed by atoms with E-state index in [0.717, 1.165) is 31.7 Å². The Kier molecular flexibility index (Phi) is 3.07. The Balaban J connectivity index is 1.90. The van der Waals surface area contributed by atoms with Gasteiger partial charge in [-0.1, -0.05) is 6.92 Å². The highest BCUT2D eigenvalue weighted by atomic mass is 15.3. The van der Waals surface area contributed by atoms with Crippen molar-refractivity contribution in [1.29, 1.82) is 0 Å². The summed E-state index contributed by atoms with van der Waals surface area (Å²) < 4.78 is 1.86. The van der Waals surface area contributed by atoms with Crippen molar-refractivity contribution < 1.29 is 0 Å². The van der Waals surface area contributed by atoms with Crippen LogP contribution >= 0.6 is 0 Å². The normalized spacial score (nSPS) is 28.2. The summed E-state index contributed by atoms with van der Waals surface area (Å²) in [5, 5.41) is 4.39. The minimum Gasteiger partial charge on any atom is -0.327 e. The lowest BCUT2D eigenvalue weighted by Crippen LogP contribution is -2.45. The third-order valence-electron chi connectivity index (χ3n) is 3.21. The molecule has 0 amide bonds. The van der Waals surface area contributed by atoms with E-state index in [2.05, 4.69) is 23.0 Å². The van der Waals surface area contributed by atoms with Crippen molar-refractivity contribution in [2.45, 2.75) is 25.9 Å². The molecule has 1 aliphatic heterocycles. The van der Waals surface area contributed by atoms with Crippen LogP contribution in [-0.2, 0) is 13.6 Å². The molecule has 0 aromatic carbocycles. The second-order valence-corrected chi connectivity index (χ2v) is 4.65. The highest BCUT2D eigenvalue weighted by Crippen LogP contribution is 2.16. The molecule has 2 atom stereocenters. The summed E-state index contributed by atoms with van der Waals surface area (Å²) >= 11 is 0. The number of rotatable bonds is 2. The van der Waals surface area contributed by atoms with E-state index < -0.39 is 0 Å². The van der Waals surface area contributed by atoms with Gasteiger partial charge >= 0.3 is 0 Å². The van der Waals surface area contributed by atoms with Gasteiger partial charge in [0.2, 0.25) is 0 Å². The molecule has 0 saturated carbocycles. The zero-order chi connectivity index (χ0) is 10.8. The second kappa shape index (κ2) is 4.33. The average Bonchev–Trinajstić information content (AvgIpc) is 2.58. The first-order valence-electron chi connectivity index (χ1n) is 5.61. The fourth-order valence-electron chi connectivity index (χ4n) is 2.17. The summed E-state index contributed by atoms with van der Waals surface area (Å²) in [6.45, 7) is 5.38. The molecule has 0 aliphatic carbocycles. The molecule has 0 spiro atoms. The van der Waals surface area contributed by atoms with Gasteiger partial charge in [-0.3, -0.25) is 9.58 Å². The molecule has 2 unspecified atom stereocenters. The van der Waals surface area contributed by atoms with Crippen molar-refractivity contribution in [1.82, 2.24) is 14.7 Å². The van der Waals surface area contributed by atoms with E-state index in [4.69, 9.17) is 5.73 Å². The van der Waals surface area contributed by atoms with Crippen LogP contribution < -0.4 is 5.73 Å². The van der Waals surface area contributed by atoms with Crippen LogP contribution in [0.1, 0.15) is 19.0 Å². The molecule has 2 rings (SSSR count). The molecule has 2 N–H and O–H groups in total. The Morgan fingerprint density at radius 3 is 3.00 bits per heavy atom. The molecular weight excluding hydrogens is 188 g/mol. The number of aromatic nitrogens is 2. The predicted molar refractivity (Wildman–Crippen MR) is 60.2 cm³/mol. The van der Waals surface area contributed by atoms with Crippen LogP contribution in [0.4, 0.5) is 0 Å². The Morgan fingerprint density at radius 1 is 1.60 bits per heavy atom. The van der Waals surface area contributed by atoms with Crippen LogP contribution in [0.15, 0.2) is 12.3 Å². The zero-order valence-corrected chi connectivity index (χ0v) is 9.56. The molecule has 4 nitrogen and oxygen atoms in total. The standard InChI is InChI=1S/C11H20N4/c1-9-7-15(6-4-11(9)12)8-10-3-5-14(2)13-10/h3,5,9,11H,4,6-8,12H2,1-2H3. The van der Waals surface area contributed by atoms with Gasteiger partial charge in [-0.25, -0.2) is 0 Å². The van der Waals surface area contributed by atoms with Crippen LogP contribution in [0.2, 0.25) is 0 Å². The average molecular weight is 208 g/mol. The van der Waals surface area contributed by atoms with Crippen LogP contribution in [0.25, 0.3) is 0 Å². The Hall–Kier alpha value is -0.870. The molecular formula is C11H20N4. The van der Waals surface area contributed by atoms with E-state index in [0.29, 0.717) is 12.0 Å². The maximum Gasteiger partial charge on any atom is 0.0764 e. The maximum absolute atomic E-state index is 5.99. The minimum atomic E-state index is 0.380. The second-order valence-electron chi connectivity index (χ2n) is 4.65. The molecule has 1 aliphatic rings. The molecule has 0 bridgehead atoms. The monoisotopic (exact) mass is 208 g/mol. The summed E-state index contributed by atoms with van der Waals surface area (Å²) in [6.07, 6.45) is 3.10. The highest BCUT2D eigenvalue weighted by molar-refractivity contribution is 4.99. The first-order valence-corrected chi connectivity index (χ1v) is 5.61. The van der Waals surface area contributed by atoms with Crippen LogP contribution in [0, 0.1) is 5.92 Å². The molecule has 2 heterocycles. The summed E-state index contributed by atoms with van der Waals surface area (Å²) in [5.74, 6) is 0.600. The number of nitrogens with zero attached hydrogens (tertiary/aromatic N) is 3. The fraction of sp³-hybridized carbons (Fsp3) is 0.727. The molecule has 1 aromatic rings. The number of piperidine rings is 1. The van der Waals surface area contributed by atoms with Gasteiger partial charge < -0.3 is 5.73 Å². The third kappa shape index (κ3) is 2.58. The first kappa shape index (κ1) is 10.6. The van der Waals surface area contributed by atoms with Gasteiger partial charge in [-0.15, -0.1) is 0 Å². The zero-order valence-electron chi connectivity index (χ0n) is 9.56. The Morgan fingerprint density at radius 2 is 2.40 bits per heavy atom. The van der Waals surface area contributed by atoms with Gasteiger partial charge in [0.1, 0.15) is 0 Å². The highest BCUT2D eigenvalue weighted by Gasteiger charge is 2.23. The SMILES string of the molecule is CC1CN(Cc2ccn(C)n2)CCC1N. The summed E-state index contributed by atoms with van der Waals surface area (Å²) in [4.78, 5) is 2.44. The van der Waals surface area contributed by atoms with E-state index in [9.17, 15) is 0 Å². The number of aryl methyl sites for hydroxylation is 1. The fourth-order valence-corrected chi connectivity index (χ4v) is 2.17. The number of likely N-dealkylation sites (tertiary alicyclic amines) is 1. The molecule has 1 saturated heterocycles. The topological polar surface area (TPSA) is 47.1 Å². The summed E-state index contributed by atoms with van der Waals surface area (Å²) in [5.41, 5.74) is 7.14.